The summed E-state index contributed by atoms with van der Waals surface area (Å²) in [6.45, 7) is 0. The fraction of sp³-hybridized carbons (Fsp3) is 0.417. The van der Waals surface area contributed by atoms with Crippen molar-refractivity contribution in [2.45, 2.75) is 35.8 Å². The van der Waals surface area contributed by atoms with Gasteiger partial charge in [-0.05, 0) is 31.0 Å². The molecular formula is C12H13FOS. The van der Waals surface area contributed by atoms with E-state index in [0.717, 1.165) is 24.2 Å². The molecule has 0 spiro atoms. The molecule has 80 valence electrons. The van der Waals surface area contributed by atoms with E-state index in [9.17, 15) is 9.18 Å². The number of benzene rings is 1. The molecule has 0 amide bonds. The molecule has 1 nitrogen and oxygen atoms in total. The molecule has 15 heavy (non-hydrogen) atoms. The van der Waals surface area contributed by atoms with E-state index in [-0.39, 0.29) is 5.82 Å². The van der Waals surface area contributed by atoms with Gasteiger partial charge in [-0.2, -0.15) is 0 Å². The van der Waals surface area contributed by atoms with Crippen LogP contribution in [0.3, 0.4) is 0 Å². The predicted octanol–water partition coefficient (Wildman–Crippen LogP) is 3.43. The second kappa shape index (κ2) is 4.79. The first-order chi connectivity index (χ1) is 7.24. The normalized spacial score (nSPS) is 21.7. The van der Waals surface area contributed by atoms with E-state index >= 15 is 0 Å². The summed E-state index contributed by atoms with van der Waals surface area (Å²) in [5, 5.41) is 0.341. The standard InChI is InChI=1S/C12H13FOS/c13-9-3-1-5-11(7-9)15-12-6-2-4-10(14)8-12/h1,3,5,7,12H,2,4,6,8H2. The first kappa shape index (κ1) is 10.7. The maximum Gasteiger partial charge on any atom is 0.134 e. The van der Waals surface area contributed by atoms with Crippen LogP contribution in [0.25, 0.3) is 0 Å². The Kier molecular flexibility index (Phi) is 3.41. The van der Waals surface area contributed by atoms with E-state index in [1.165, 1.54) is 12.1 Å². The minimum Gasteiger partial charge on any atom is -0.300 e. The third kappa shape index (κ3) is 3.06. The van der Waals surface area contributed by atoms with Gasteiger partial charge in [0.15, 0.2) is 0 Å². The molecule has 1 aromatic rings. The van der Waals surface area contributed by atoms with Crippen molar-refractivity contribution in [2.75, 3.05) is 0 Å². The second-order valence-electron chi connectivity index (χ2n) is 3.83. The number of carbonyl (C=O) groups is 1. The molecule has 0 radical (unpaired) electrons. The first-order valence-corrected chi connectivity index (χ1v) is 6.06. The van der Waals surface area contributed by atoms with Crippen molar-refractivity contribution in [1.82, 2.24) is 0 Å². The number of Topliss-reactive ketones (excluding diaryl/α,β-unsaturated/α-hetero) is 1. The van der Waals surface area contributed by atoms with Gasteiger partial charge in [0, 0.05) is 23.0 Å². The quantitative estimate of drug-likeness (QED) is 0.765. The van der Waals surface area contributed by atoms with Crippen LogP contribution < -0.4 is 0 Å². The number of hydrogen-bond acceptors (Lipinski definition) is 2. The maximum atomic E-state index is 12.9. The van der Waals surface area contributed by atoms with Crippen molar-refractivity contribution in [3.8, 4) is 0 Å². The number of carbonyl (C=O) groups excluding carboxylic acids is 1. The van der Waals surface area contributed by atoms with Gasteiger partial charge in [0.25, 0.3) is 0 Å². The molecule has 1 aliphatic rings. The van der Waals surface area contributed by atoms with Crippen molar-refractivity contribution in [3.05, 3.63) is 30.1 Å². The van der Waals surface area contributed by atoms with Crippen LogP contribution >= 0.6 is 11.8 Å². The summed E-state index contributed by atoms with van der Waals surface area (Å²) in [5.74, 6) is 0.136. The lowest BCUT2D eigenvalue weighted by molar-refractivity contribution is -0.120. The van der Waals surface area contributed by atoms with Crippen LogP contribution in [0.2, 0.25) is 0 Å². The Balaban J connectivity index is 1.99. The van der Waals surface area contributed by atoms with E-state index in [0.29, 0.717) is 17.5 Å². The highest BCUT2D eigenvalue weighted by molar-refractivity contribution is 8.00. The largest absolute Gasteiger partial charge is 0.300 e. The Hall–Kier alpha value is -0.830. The van der Waals surface area contributed by atoms with Crippen molar-refractivity contribution in [1.29, 1.82) is 0 Å². The molecule has 0 aromatic heterocycles. The van der Waals surface area contributed by atoms with E-state index in [4.69, 9.17) is 0 Å². The van der Waals surface area contributed by atoms with Gasteiger partial charge in [0.2, 0.25) is 0 Å². The molecule has 1 aromatic carbocycles. The van der Waals surface area contributed by atoms with Gasteiger partial charge >= 0.3 is 0 Å². The lowest BCUT2D eigenvalue weighted by atomic mass is 9.99. The van der Waals surface area contributed by atoms with Gasteiger partial charge < -0.3 is 0 Å². The van der Waals surface area contributed by atoms with Crippen LogP contribution in [0.1, 0.15) is 25.7 Å². The third-order valence-electron chi connectivity index (χ3n) is 2.54. The van der Waals surface area contributed by atoms with Crippen LogP contribution in [0.5, 0.6) is 0 Å². The van der Waals surface area contributed by atoms with Crippen molar-refractivity contribution in [2.24, 2.45) is 0 Å². The Labute approximate surface area is 93.1 Å². The zero-order valence-corrected chi connectivity index (χ0v) is 9.23. The maximum absolute atomic E-state index is 12.9. The predicted molar refractivity (Wildman–Crippen MR) is 59.5 cm³/mol. The van der Waals surface area contributed by atoms with Crippen molar-refractivity contribution in [3.63, 3.8) is 0 Å². The second-order valence-corrected chi connectivity index (χ2v) is 5.21. The van der Waals surface area contributed by atoms with Crippen LogP contribution in [0.4, 0.5) is 4.39 Å². The summed E-state index contributed by atoms with van der Waals surface area (Å²) in [5.41, 5.74) is 0. The van der Waals surface area contributed by atoms with E-state index in [2.05, 4.69) is 0 Å². The molecule has 1 atom stereocenters. The van der Waals surface area contributed by atoms with Gasteiger partial charge in [0.1, 0.15) is 11.6 Å². The van der Waals surface area contributed by atoms with Crippen molar-refractivity contribution >= 4 is 17.5 Å². The van der Waals surface area contributed by atoms with Crippen LogP contribution in [-0.2, 0) is 4.79 Å². The molecule has 0 heterocycles. The Morgan fingerprint density at radius 2 is 2.27 bits per heavy atom. The van der Waals surface area contributed by atoms with Crippen LogP contribution in [0.15, 0.2) is 29.2 Å². The molecule has 1 fully saturated rings. The lowest BCUT2D eigenvalue weighted by Crippen LogP contribution is -2.16. The highest BCUT2D eigenvalue weighted by Crippen LogP contribution is 2.32. The SMILES string of the molecule is O=C1CCCC(Sc2cccc(F)c2)C1. The van der Waals surface area contributed by atoms with Gasteiger partial charge in [-0.3, -0.25) is 4.79 Å². The highest BCUT2D eigenvalue weighted by atomic mass is 32.2. The van der Waals surface area contributed by atoms with Crippen LogP contribution in [0, 0.1) is 5.82 Å². The van der Waals surface area contributed by atoms with Crippen molar-refractivity contribution < 1.29 is 9.18 Å². The zero-order valence-electron chi connectivity index (χ0n) is 8.41. The van der Waals surface area contributed by atoms with E-state index < -0.39 is 0 Å². The van der Waals surface area contributed by atoms with Crippen LogP contribution in [-0.4, -0.2) is 11.0 Å². The number of rotatable bonds is 2. The summed E-state index contributed by atoms with van der Waals surface area (Å²) in [4.78, 5) is 12.2. The monoisotopic (exact) mass is 224 g/mol. The molecule has 1 saturated carbocycles. The summed E-state index contributed by atoms with van der Waals surface area (Å²) in [6.07, 6.45) is 3.40. The molecule has 0 N–H and O–H groups in total. The van der Waals surface area contributed by atoms with Gasteiger partial charge in [-0.25, -0.2) is 4.39 Å². The summed E-state index contributed by atoms with van der Waals surface area (Å²) >= 11 is 1.62. The zero-order chi connectivity index (χ0) is 10.7. The average molecular weight is 224 g/mol. The number of ketones is 1. The summed E-state index contributed by atoms with van der Waals surface area (Å²) in [6, 6.07) is 6.58. The number of halogens is 1. The molecule has 1 unspecified atom stereocenters. The molecular weight excluding hydrogens is 211 g/mol. The molecule has 0 saturated heterocycles. The van der Waals surface area contributed by atoms with Gasteiger partial charge in [-0.1, -0.05) is 6.07 Å². The highest BCUT2D eigenvalue weighted by Gasteiger charge is 2.20. The topological polar surface area (TPSA) is 17.1 Å². The average Bonchev–Trinajstić information content (AvgIpc) is 2.17. The third-order valence-corrected chi connectivity index (χ3v) is 3.80. The number of hydrogen-bond donors (Lipinski definition) is 0. The summed E-state index contributed by atoms with van der Waals surface area (Å²) in [7, 11) is 0. The van der Waals surface area contributed by atoms with E-state index in [1.807, 2.05) is 6.07 Å². The van der Waals surface area contributed by atoms with Gasteiger partial charge in [-0.15, -0.1) is 11.8 Å². The molecule has 2 rings (SSSR count). The minimum atomic E-state index is -0.206. The van der Waals surface area contributed by atoms with Gasteiger partial charge in [0.05, 0.1) is 0 Å². The Morgan fingerprint density at radius 1 is 1.40 bits per heavy atom. The first-order valence-electron chi connectivity index (χ1n) is 5.18. The Morgan fingerprint density at radius 3 is 3.00 bits per heavy atom. The molecule has 1 aliphatic carbocycles. The summed E-state index contributed by atoms with van der Waals surface area (Å²) < 4.78 is 12.9. The minimum absolute atomic E-state index is 0.206. The van der Waals surface area contributed by atoms with E-state index in [1.54, 1.807) is 17.8 Å². The number of thioether (sulfide) groups is 1. The molecule has 0 aliphatic heterocycles. The molecule has 3 heteroatoms. The fourth-order valence-electron chi connectivity index (χ4n) is 1.82. The smallest absolute Gasteiger partial charge is 0.134 e. The Bertz CT molecular complexity index is 364. The molecule has 0 bridgehead atoms. The lowest BCUT2D eigenvalue weighted by Gasteiger charge is -2.19. The fourth-order valence-corrected chi connectivity index (χ4v) is 3.09.